The van der Waals surface area contributed by atoms with Crippen LogP contribution in [0.2, 0.25) is 0 Å². The van der Waals surface area contributed by atoms with Crippen LogP contribution < -0.4 is 5.32 Å². The molecule has 158 valence electrons. The van der Waals surface area contributed by atoms with Crippen LogP contribution in [0.1, 0.15) is 6.92 Å². The van der Waals surface area contributed by atoms with Gasteiger partial charge in [-0.15, -0.1) is 0 Å². The minimum Gasteiger partial charge on any atom is -0.468 e. The van der Waals surface area contributed by atoms with E-state index in [9.17, 15) is 27.2 Å². The third-order valence-corrected chi connectivity index (χ3v) is 7.53. The number of halogens is 1. The van der Waals surface area contributed by atoms with Gasteiger partial charge >= 0.3 is 5.97 Å². The van der Waals surface area contributed by atoms with Crippen LogP contribution in [0, 0.1) is 17.7 Å². The molecule has 2 saturated heterocycles. The molecule has 2 amide bonds. The molecule has 2 fully saturated rings. The van der Waals surface area contributed by atoms with Crippen LogP contribution in [0.5, 0.6) is 0 Å². The number of amides is 2. The van der Waals surface area contributed by atoms with Crippen LogP contribution >= 0.6 is 0 Å². The number of hydrogen-bond donors (Lipinski definition) is 1. The van der Waals surface area contributed by atoms with Crippen LogP contribution in [0.3, 0.4) is 0 Å². The molecule has 9 nitrogen and oxygen atoms in total. The fraction of sp³-hybridized carbons (Fsp3) is 0.500. The second-order valence-electron chi connectivity index (χ2n) is 7.42. The summed E-state index contributed by atoms with van der Waals surface area (Å²) in [6, 6.07) is 3.55. The number of sulfonamides is 1. The fourth-order valence-corrected chi connectivity index (χ4v) is 5.33. The van der Waals surface area contributed by atoms with Crippen molar-refractivity contribution < 1.29 is 31.9 Å². The van der Waals surface area contributed by atoms with E-state index in [-0.39, 0.29) is 11.4 Å². The molecule has 0 saturated carbocycles. The van der Waals surface area contributed by atoms with E-state index in [0.717, 1.165) is 33.5 Å². The number of nitrogens with one attached hydrogen (secondary N) is 1. The molecule has 1 N–H and O–H groups in total. The Hall–Kier alpha value is -2.37. The number of fused-ring (bicyclic) bond motifs is 1. The maximum Gasteiger partial charge on any atom is 0.326 e. The van der Waals surface area contributed by atoms with E-state index in [1.165, 1.54) is 28.1 Å². The van der Waals surface area contributed by atoms with E-state index >= 15 is 0 Å². The number of esters is 1. The Morgan fingerprint density at radius 1 is 1.28 bits per heavy atom. The van der Waals surface area contributed by atoms with E-state index < -0.39 is 57.0 Å². The smallest absolute Gasteiger partial charge is 0.326 e. The maximum absolute atomic E-state index is 13.1. The van der Waals surface area contributed by atoms with E-state index in [1.807, 2.05) is 0 Å². The van der Waals surface area contributed by atoms with Crippen LogP contribution in [-0.4, -0.2) is 74.7 Å². The van der Waals surface area contributed by atoms with E-state index in [4.69, 9.17) is 4.74 Å². The summed E-state index contributed by atoms with van der Waals surface area (Å²) in [6.07, 6.45) is 0. The zero-order valence-corrected chi connectivity index (χ0v) is 17.2. The summed E-state index contributed by atoms with van der Waals surface area (Å²) in [6.45, 7) is 1.29. The molecule has 0 unspecified atom stereocenters. The highest BCUT2D eigenvalue weighted by Crippen LogP contribution is 2.43. The van der Waals surface area contributed by atoms with E-state index in [1.54, 1.807) is 0 Å². The summed E-state index contributed by atoms with van der Waals surface area (Å²) in [4.78, 5) is 38.5. The minimum atomic E-state index is -3.98. The summed E-state index contributed by atoms with van der Waals surface area (Å²) in [5.41, 5.74) is -1.47. The molecule has 3 rings (SSSR count). The SMILES string of the molecule is COC(=O)[C@]1(C)N[C@H](CN(C)S(=O)(=O)c2ccc(F)cc2)[C@@H]2C(=O)N(C)C(=O)[C@@H]21. The molecule has 0 bridgehead atoms. The first kappa shape index (κ1) is 21.3. The molecule has 2 aliphatic heterocycles. The van der Waals surface area contributed by atoms with Gasteiger partial charge in [0.25, 0.3) is 0 Å². The van der Waals surface area contributed by atoms with Gasteiger partial charge in [-0.25, -0.2) is 12.8 Å². The first-order valence-electron chi connectivity index (χ1n) is 8.84. The molecule has 4 atom stereocenters. The monoisotopic (exact) mass is 427 g/mol. The lowest BCUT2D eigenvalue weighted by molar-refractivity contribution is -0.152. The van der Waals surface area contributed by atoms with Crippen molar-refractivity contribution in [3.8, 4) is 0 Å². The average molecular weight is 427 g/mol. The van der Waals surface area contributed by atoms with Gasteiger partial charge in [-0.1, -0.05) is 0 Å². The van der Waals surface area contributed by atoms with Gasteiger partial charge in [0.2, 0.25) is 21.8 Å². The van der Waals surface area contributed by atoms with Gasteiger partial charge in [-0.05, 0) is 31.2 Å². The van der Waals surface area contributed by atoms with Crippen molar-refractivity contribution in [1.82, 2.24) is 14.5 Å². The number of ether oxygens (including phenoxy) is 1. The van der Waals surface area contributed by atoms with Crippen molar-refractivity contribution in [3.05, 3.63) is 30.1 Å². The molecular formula is C18H22FN3O6S. The zero-order chi connectivity index (χ0) is 21.7. The lowest BCUT2D eigenvalue weighted by atomic mass is 9.81. The molecule has 2 heterocycles. The van der Waals surface area contributed by atoms with Gasteiger partial charge in [0.05, 0.1) is 23.8 Å². The van der Waals surface area contributed by atoms with Crippen LogP contribution in [0.4, 0.5) is 4.39 Å². The third-order valence-electron chi connectivity index (χ3n) is 5.70. The minimum absolute atomic E-state index is 0.113. The molecule has 1 aromatic rings. The maximum atomic E-state index is 13.1. The summed E-state index contributed by atoms with van der Waals surface area (Å²) < 4.78 is 44.6. The number of carbonyl (C=O) groups is 3. The lowest BCUT2D eigenvalue weighted by Gasteiger charge is -2.29. The predicted molar refractivity (Wildman–Crippen MR) is 98.3 cm³/mol. The topological polar surface area (TPSA) is 113 Å². The highest BCUT2D eigenvalue weighted by atomic mass is 32.2. The number of benzene rings is 1. The van der Waals surface area contributed by atoms with Crippen molar-refractivity contribution >= 4 is 27.8 Å². The predicted octanol–water partition coefficient (Wildman–Crippen LogP) is -0.419. The zero-order valence-electron chi connectivity index (χ0n) is 16.4. The number of methoxy groups -OCH3 is 1. The van der Waals surface area contributed by atoms with Gasteiger partial charge in [-0.2, -0.15) is 4.31 Å². The van der Waals surface area contributed by atoms with Crippen LogP contribution in [-0.2, 0) is 29.1 Å². The summed E-state index contributed by atoms with van der Waals surface area (Å²) in [5, 5.41) is 2.96. The number of carbonyl (C=O) groups excluding carboxylic acids is 3. The number of likely N-dealkylation sites (tertiary alicyclic amines) is 1. The molecule has 1 aromatic carbocycles. The molecule has 29 heavy (non-hydrogen) atoms. The Morgan fingerprint density at radius 3 is 2.41 bits per heavy atom. The van der Waals surface area contributed by atoms with Crippen LogP contribution in [0.25, 0.3) is 0 Å². The molecule has 0 radical (unpaired) electrons. The summed E-state index contributed by atoms with van der Waals surface area (Å²) in [5.74, 6) is -4.21. The van der Waals surface area contributed by atoms with Crippen molar-refractivity contribution in [1.29, 1.82) is 0 Å². The largest absolute Gasteiger partial charge is 0.468 e. The fourth-order valence-electron chi connectivity index (χ4n) is 4.13. The molecule has 0 aromatic heterocycles. The highest BCUT2D eigenvalue weighted by molar-refractivity contribution is 7.89. The van der Waals surface area contributed by atoms with Crippen molar-refractivity contribution in [2.24, 2.45) is 11.8 Å². The summed E-state index contributed by atoms with van der Waals surface area (Å²) >= 11 is 0. The first-order chi connectivity index (χ1) is 13.4. The van der Waals surface area contributed by atoms with Crippen molar-refractivity contribution in [2.45, 2.75) is 23.4 Å². The van der Waals surface area contributed by atoms with Gasteiger partial charge in [0.1, 0.15) is 11.4 Å². The second-order valence-corrected chi connectivity index (χ2v) is 9.47. The standard InChI is InChI=1S/C18H22FN3O6S/c1-18(17(25)28-4)14-13(15(23)22(3)16(14)24)12(20-18)9-21(2)29(26,27)11-7-5-10(19)6-8-11/h5-8,12-14,20H,9H2,1-4H3/t12-,13+,14-,18-/m1/s1. The Labute approximate surface area is 167 Å². The molecule has 11 heteroatoms. The van der Waals surface area contributed by atoms with E-state index in [2.05, 4.69) is 5.32 Å². The molecule has 0 spiro atoms. The first-order valence-corrected chi connectivity index (χ1v) is 10.3. The molecule has 2 aliphatic rings. The Bertz CT molecular complexity index is 966. The summed E-state index contributed by atoms with van der Waals surface area (Å²) in [7, 11) is -0.161. The number of imide groups is 1. The Balaban J connectivity index is 1.92. The van der Waals surface area contributed by atoms with Gasteiger partial charge in [0.15, 0.2) is 0 Å². The number of nitrogens with zero attached hydrogens (tertiary/aromatic N) is 2. The van der Waals surface area contributed by atoms with Crippen molar-refractivity contribution in [3.63, 3.8) is 0 Å². The second kappa shape index (κ2) is 7.15. The van der Waals surface area contributed by atoms with Crippen LogP contribution in [0.15, 0.2) is 29.2 Å². The average Bonchev–Trinajstić information content (AvgIpc) is 3.10. The Morgan fingerprint density at radius 2 is 1.86 bits per heavy atom. The molecule has 0 aliphatic carbocycles. The highest BCUT2D eigenvalue weighted by Gasteiger charge is 2.66. The number of rotatable bonds is 5. The molecular weight excluding hydrogens is 405 g/mol. The van der Waals surface area contributed by atoms with Crippen molar-refractivity contribution in [2.75, 3.05) is 27.7 Å². The van der Waals surface area contributed by atoms with Gasteiger partial charge < -0.3 is 4.74 Å². The number of hydrogen-bond acceptors (Lipinski definition) is 7. The quantitative estimate of drug-likeness (QED) is 0.502. The third kappa shape index (κ3) is 3.22. The van der Waals surface area contributed by atoms with E-state index in [0.29, 0.717) is 0 Å². The normalized spacial score (nSPS) is 29.4. The van der Waals surface area contributed by atoms with Gasteiger partial charge in [-0.3, -0.25) is 24.6 Å². The lowest BCUT2D eigenvalue weighted by Crippen LogP contribution is -2.56. The number of likely N-dealkylation sites (N-methyl/N-ethyl adjacent to an activating group) is 1. The van der Waals surface area contributed by atoms with Gasteiger partial charge in [0, 0.05) is 26.7 Å². The Kier molecular flexibility index (Phi) is 5.26.